The number of aliphatic imine (C=N–C) groups is 1. The lowest BCUT2D eigenvalue weighted by atomic mass is 10.2. The van der Waals surface area contributed by atoms with E-state index in [0.717, 1.165) is 11.3 Å². The summed E-state index contributed by atoms with van der Waals surface area (Å²) in [7, 11) is 1.66. The van der Waals surface area contributed by atoms with Crippen LogP contribution in [-0.4, -0.2) is 31.8 Å². The number of hydrogen-bond acceptors (Lipinski definition) is 3. The molecule has 1 aromatic carbocycles. The standard InChI is InChI=1S/C15H25N3O2.HI/c1-11(2)20-14-7-5-13(6-8-14)9-17-15(16)18-12(3)10-19-4;/h5-8,11-12H,9-10H2,1-4H3,(H3,16,17,18);1H. The minimum absolute atomic E-state index is 0. The Labute approximate surface area is 144 Å². The number of ether oxygens (including phenoxy) is 2. The van der Waals surface area contributed by atoms with Crippen molar-refractivity contribution < 1.29 is 9.47 Å². The molecule has 0 heterocycles. The van der Waals surface area contributed by atoms with Crippen LogP contribution in [-0.2, 0) is 11.3 Å². The molecule has 1 unspecified atom stereocenters. The molecule has 1 rings (SSSR count). The zero-order valence-corrected chi connectivity index (χ0v) is 15.5. The van der Waals surface area contributed by atoms with Crippen molar-refractivity contribution in [1.29, 1.82) is 0 Å². The van der Waals surface area contributed by atoms with Gasteiger partial charge in [0, 0.05) is 13.2 Å². The number of nitrogens with zero attached hydrogens (tertiary/aromatic N) is 1. The highest BCUT2D eigenvalue weighted by Crippen LogP contribution is 2.14. The Balaban J connectivity index is 0.00000400. The van der Waals surface area contributed by atoms with E-state index in [1.54, 1.807) is 7.11 Å². The average Bonchev–Trinajstić information content (AvgIpc) is 2.37. The number of halogens is 1. The van der Waals surface area contributed by atoms with Gasteiger partial charge in [-0.15, -0.1) is 24.0 Å². The van der Waals surface area contributed by atoms with Gasteiger partial charge in [0.05, 0.1) is 19.3 Å². The zero-order chi connectivity index (χ0) is 15.0. The van der Waals surface area contributed by atoms with E-state index in [-0.39, 0.29) is 36.1 Å². The first-order valence-corrected chi connectivity index (χ1v) is 6.82. The van der Waals surface area contributed by atoms with Crippen molar-refractivity contribution in [2.45, 2.75) is 39.5 Å². The van der Waals surface area contributed by atoms with E-state index in [0.29, 0.717) is 19.1 Å². The summed E-state index contributed by atoms with van der Waals surface area (Å²) in [5, 5.41) is 3.07. The Hall–Kier alpha value is -1.02. The normalized spacial score (nSPS) is 12.7. The first-order valence-electron chi connectivity index (χ1n) is 6.82. The number of nitrogens with two attached hydrogens (primary N) is 1. The first-order chi connectivity index (χ1) is 9.51. The van der Waals surface area contributed by atoms with Crippen molar-refractivity contribution >= 4 is 29.9 Å². The van der Waals surface area contributed by atoms with Crippen LogP contribution in [0.4, 0.5) is 0 Å². The van der Waals surface area contributed by atoms with E-state index in [9.17, 15) is 0 Å². The van der Waals surface area contributed by atoms with Crippen LogP contribution < -0.4 is 15.8 Å². The van der Waals surface area contributed by atoms with Crippen molar-refractivity contribution in [3.8, 4) is 5.75 Å². The topological polar surface area (TPSA) is 68.9 Å². The molecule has 0 fully saturated rings. The highest BCUT2D eigenvalue weighted by atomic mass is 127. The summed E-state index contributed by atoms with van der Waals surface area (Å²) in [4.78, 5) is 4.29. The van der Waals surface area contributed by atoms with E-state index in [1.165, 1.54) is 0 Å². The molecule has 21 heavy (non-hydrogen) atoms. The minimum atomic E-state index is 0. The molecule has 1 atom stereocenters. The second-order valence-electron chi connectivity index (χ2n) is 5.01. The summed E-state index contributed by atoms with van der Waals surface area (Å²) in [6.45, 7) is 7.14. The lowest BCUT2D eigenvalue weighted by Crippen LogP contribution is -2.40. The summed E-state index contributed by atoms with van der Waals surface area (Å²) in [5.74, 6) is 1.30. The fourth-order valence-electron chi connectivity index (χ4n) is 1.71. The predicted octanol–water partition coefficient (Wildman–Crippen LogP) is 2.53. The van der Waals surface area contributed by atoms with Gasteiger partial charge in [0.25, 0.3) is 0 Å². The third-order valence-electron chi connectivity index (χ3n) is 2.54. The molecule has 1 aromatic rings. The zero-order valence-electron chi connectivity index (χ0n) is 13.1. The molecule has 3 N–H and O–H groups in total. The molecule has 0 aliphatic rings. The van der Waals surface area contributed by atoms with Gasteiger partial charge in [0.2, 0.25) is 0 Å². The molecule has 0 aliphatic carbocycles. The van der Waals surface area contributed by atoms with Gasteiger partial charge in [0.15, 0.2) is 5.96 Å². The van der Waals surface area contributed by atoms with Crippen molar-refractivity contribution in [1.82, 2.24) is 5.32 Å². The molecule has 120 valence electrons. The monoisotopic (exact) mass is 407 g/mol. The Morgan fingerprint density at radius 1 is 1.24 bits per heavy atom. The van der Waals surface area contributed by atoms with E-state index >= 15 is 0 Å². The van der Waals surface area contributed by atoms with Crippen LogP contribution >= 0.6 is 24.0 Å². The number of methoxy groups -OCH3 is 1. The Kier molecular flexibility index (Phi) is 10.2. The molecule has 0 spiro atoms. The number of benzene rings is 1. The van der Waals surface area contributed by atoms with Gasteiger partial charge in [-0.3, -0.25) is 0 Å². The Bertz CT molecular complexity index is 421. The second-order valence-corrected chi connectivity index (χ2v) is 5.01. The van der Waals surface area contributed by atoms with Crippen LogP contribution in [0.3, 0.4) is 0 Å². The van der Waals surface area contributed by atoms with Gasteiger partial charge in [0.1, 0.15) is 5.75 Å². The lowest BCUT2D eigenvalue weighted by Gasteiger charge is -2.13. The maximum absolute atomic E-state index is 5.81. The maximum atomic E-state index is 5.81. The Morgan fingerprint density at radius 3 is 2.38 bits per heavy atom. The molecule has 0 aromatic heterocycles. The minimum Gasteiger partial charge on any atom is -0.491 e. The highest BCUT2D eigenvalue weighted by molar-refractivity contribution is 14.0. The number of rotatable bonds is 7. The molecule has 0 bridgehead atoms. The largest absolute Gasteiger partial charge is 0.491 e. The SMILES string of the molecule is COCC(C)NC(N)=NCc1ccc(OC(C)C)cc1.I. The summed E-state index contributed by atoms with van der Waals surface area (Å²) < 4.78 is 10.6. The average molecular weight is 407 g/mol. The Morgan fingerprint density at radius 2 is 1.86 bits per heavy atom. The third-order valence-corrected chi connectivity index (χ3v) is 2.54. The predicted molar refractivity (Wildman–Crippen MR) is 97.4 cm³/mol. The van der Waals surface area contributed by atoms with Crippen LogP contribution in [0.5, 0.6) is 5.75 Å². The quantitative estimate of drug-likeness (QED) is 0.414. The fourth-order valence-corrected chi connectivity index (χ4v) is 1.71. The molecule has 6 heteroatoms. The third kappa shape index (κ3) is 8.77. The molecule has 0 aliphatic heterocycles. The van der Waals surface area contributed by atoms with Crippen LogP contribution in [0.25, 0.3) is 0 Å². The van der Waals surface area contributed by atoms with Gasteiger partial charge >= 0.3 is 0 Å². The van der Waals surface area contributed by atoms with Crippen molar-refractivity contribution in [3.63, 3.8) is 0 Å². The van der Waals surface area contributed by atoms with Crippen LogP contribution in [0, 0.1) is 0 Å². The summed E-state index contributed by atoms with van der Waals surface area (Å²) in [6.07, 6.45) is 0.181. The first kappa shape index (κ1) is 20.0. The maximum Gasteiger partial charge on any atom is 0.189 e. The smallest absolute Gasteiger partial charge is 0.189 e. The van der Waals surface area contributed by atoms with Crippen molar-refractivity contribution in [2.24, 2.45) is 10.7 Å². The highest BCUT2D eigenvalue weighted by Gasteiger charge is 2.02. The van der Waals surface area contributed by atoms with E-state index in [4.69, 9.17) is 15.2 Å². The van der Waals surface area contributed by atoms with Crippen LogP contribution in [0.2, 0.25) is 0 Å². The molecular formula is C15H26IN3O2. The fraction of sp³-hybridized carbons (Fsp3) is 0.533. The van der Waals surface area contributed by atoms with Crippen LogP contribution in [0.1, 0.15) is 26.3 Å². The molecule has 0 amide bonds. The second kappa shape index (κ2) is 10.7. The van der Waals surface area contributed by atoms with E-state index < -0.39 is 0 Å². The van der Waals surface area contributed by atoms with E-state index in [1.807, 2.05) is 45.0 Å². The van der Waals surface area contributed by atoms with Gasteiger partial charge in [-0.2, -0.15) is 0 Å². The van der Waals surface area contributed by atoms with Gasteiger partial charge < -0.3 is 20.5 Å². The van der Waals surface area contributed by atoms with E-state index in [2.05, 4.69) is 10.3 Å². The summed E-state index contributed by atoms with van der Waals surface area (Å²) in [5.41, 5.74) is 6.90. The lowest BCUT2D eigenvalue weighted by molar-refractivity contribution is 0.179. The van der Waals surface area contributed by atoms with Gasteiger partial charge in [-0.25, -0.2) is 4.99 Å². The number of hydrogen-bond donors (Lipinski definition) is 2. The molecule has 0 saturated carbocycles. The van der Waals surface area contributed by atoms with Crippen molar-refractivity contribution in [3.05, 3.63) is 29.8 Å². The van der Waals surface area contributed by atoms with Crippen LogP contribution in [0.15, 0.2) is 29.3 Å². The molecule has 0 radical (unpaired) electrons. The van der Waals surface area contributed by atoms with Gasteiger partial charge in [-0.05, 0) is 38.5 Å². The molecule has 5 nitrogen and oxygen atoms in total. The molecular weight excluding hydrogens is 381 g/mol. The number of guanidine groups is 1. The summed E-state index contributed by atoms with van der Waals surface area (Å²) >= 11 is 0. The number of nitrogens with one attached hydrogen (secondary N) is 1. The molecule has 0 saturated heterocycles. The summed E-state index contributed by atoms with van der Waals surface area (Å²) in [6, 6.07) is 8.02. The van der Waals surface area contributed by atoms with Crippen molar-refractivity contribution in [2.75, 3.05) is 13.7 Å². The van der Waals surface area contributed by atoms with Gasteiger partial charge in [-0.1, -0.05) is 12.1 Å².